The number of benzene rings is 1. The van der Waals surface area contributed by atoms with Crippen LogP contribution in [0.1, 0.15) is 19.5 Å². The van der Waals surface area contributed by atoms with Crippen LogP contribution in [0.4, 0.5) is 0 Å². The number of rotatable bonds is 8. The van der Waals surface area contributed by atoms with Gasteiger partial charge in [0.1, 0.15) is 11.0 Å². The van der Waals surface area contributed by atoms with Crippen molar-refractivity contribution in [1.82, 2.24) is 15.2 Å². The number of hydrogen-bond donors (Lipinski definition) is 2. The second-order valence-corrected chi connectivity index (χ2v) is 6.91. The monoisotopic (exact) mass is 381 g/mol. The van der Waals surface area contributed by atoms with Crippen LogP contribution in [0.25, 0.3) is 10.6 Å². The molecule has 6 nitrogen and oxygen atoms in total. The van der Waals surface area contributed by atoms with Gasteiger partial charge in [0, 0.05) is 42.5 Å². The average Bonchev–Trinajstić information content (AvgIpc) is 3.02. The predicted molar refractivity (Wildman–Crippen MR) is 98.8 cm³/mol. The molecule has 0 fully saturated rings. The van der Waals surface area contributed by atoms with Crippen LogP contribution in [0, 0.1) is 0 Å². The molecule has 2 rings (SSSR count). The topological polar surface area (TPSA) is 82.5 Å². The number of carbonyl (C=O) groups is 2. The fourth-order valence-corrected chi connectivity index (χ4v) is 3.20. The fourth-order valence-electron chi connectivity index (χ4n) is 2.25. The first-order valence-electron chi connectivity index (χ1n) is 7.78. The summed E-state index contributed by atoms with van der Waals surface area (Å²) in [6.07, 6.45) is 0. The molecule has 0 radical (unpaired) electrons. The van der Waals surface area contributed by atoms with Crippen molar-refractivity contribution >= 4 is 34.8 Å². The minimum Gasteiger partial charge on any atom is -0.480 e. The van der Waals surface area contributed by atoms with Crippen LogP contribution >= 0.6 is 22.9 Å². The lowest BCUT2D eigenvalue weighted by Crippen LogP contribution is -2.42. The maximum Gasteiger partial charge on any atom is 0.320 e. The van der Waals surface area contributed by atoms with E-state index in [1.54, 1.807) is 11.8 Å². The lowest BCUT2D eigenvalue weighted by Gasteiger charge is -2.25. The minimum absolute atomic E-state index is 0.137. The fraction of sp³-hybridized carbons (Fsp3) is 0.353. The van der Waals surface area contributed by atoms with Gasteiger partial charge in [0.15, 0.2) is 0 Å². The normalized spacial score (nSPS) is 12.2. The first kappa shape index (κ1) is 19.4. The summed E-state index contributed by atoms with van der Waals surface area (Å²) in [5, 5.41) is 15.4. The highest BCUT2D eigenvalue weighted by atomic mass is 35.5. The van der Waals surface area contributed by atoms with Crippen molar-refractivity contribution < 1.29 is 14.7 Å². The van der Waals surface area contributed by atoms with Crippen LogP contribution in [-0.2, 0) is 16.1 Å². The van der Waals surface area contributed by atoms with Crippen LogP contribution in [0.15, 0.2) is 29.6 Å². The first-order valence-corrected chi connectivity index (χ1v) is 9.04. The van der Waals surface area contributed by atoms with Gasteiger partial charge >= 0.3 is 5.97 Å². The molecule has 1 aromatic carbocycles. The van der Waals surface area contributed by atoms with E-state index in [1.165, 1.54) is 18.3 Å². The highest BCUT2D eigenvalue weighted by molar-refractivity contribution is 7.13. The third kappa shape index (κ3) is 5.81. The number of carboxylic acid groups (broad SMARTS) is 1. The van der Waals surface area contributed by atoms with E-state index in [2.05, 4.69) is 10.3 Å². The Morgan fingerprint density at radius 3 is 2.64 bits per heavy atom. The van der Waals surface area contributed by atoms with Crippen molar-refractivity contribution in [2.45, 2.75) is 26.4 Å². The van der Waals surface area contributed by atoms with E-state index >= 15 is 0 Å². The lowest BCUT2D eigenvalue weighted by atomic mass is 10.2. The van der Waals surface area contributed by atoms with Gasteiger partial charge < -0.3 is 10.4 Å². The largest absolute Gasteiger partial charge is 0.480 e. The van der Waals surface area contributed by atoms with E-state index in [1.807, 2.05) is 29.6 Å². The number of aromatic nitrogens is 1. The molecule has 0 aliphatic carbocycles. The van der Waals surface area contributed by atoms with Gasteiger partial charge in [-0.3, -0.25) is 14.5 Å². The molecule has 2 aromatic rings. The number of amides is 1. The molecular formula is C17H20ClN3O3S. The summed E-state index contributed by atoms with van der Waals surface area (Å²) in [4.78, 5) is 28.7. The molecule has 1 unspecified atom stereocenters. The number of thiazole rings is 1. The van der Waals surface area contributed by atoms with Crippen molar-refractivity contribution in [1.29, 1.82) is 0 Å². The third-order valence-corrected chi connectivity index (χ3v) is 4.88. The standard InChI is InChI=1S/C17H20ClN3O3S/c1-11(17(23)24)21(8-7-19-12(2)22)9-15-10-25-16(20-15)13-3-5-14(18)6-4-13/h3-6,10-11H,7-9H2,1-2H3,(H,19,22)(H,23,24). The molecule has 134 valence electrons. The Hall–Kier alpha value is -1.96. The molecule has 0 saturated heterocycles. The van der Waals surface area contributed by atoms with Crippen LogP contribution in [0.3, 0.4) is 0 Å². The van der Waals surface area contributed by atoms with Gasteiger partial charge in [0.2, 0.25) is 5.91 Å². The van der Waals surface area contributed by atoms with Gasteiger partial charge in [0.05, 0.1) is 5.69 Å². The number of carbonyl (C=O) groups excluding carboxylic acids is 1. The zero-order valence-corrected chi connectivity index (χ0v) is 15.6. The van der Waals surface area contributed by atoms with Crippen LogP contribution in [-0.4, -0.2) is 46.0 Å². The SMILES string of the molecule is CC(=O)NCCN(Cc1csc(-c2ccc(Cl)cc2)n1)C(C)C(=O)O. The van der Waals surface area contributed by atoms with Crippen LogP contribution in [0.5, 0.6) is 0 Å². The summed E-state index contributed by atoms with van der Waals surface area (Å²) >= 11 is 7.40. The number of halogens is 1. The van der Waals surface area contributed by atoms with Gasteiger partial charge in [-0.05, 0) is 19.1 Å². The van der Waals surface area contributed by atoms with E-state index in [0.717, 1.165) is 16.3 Å². The molecule has 0 aliphatic rings. The lowest BCUT2D eigenvalue weighted by molar-refractivity contribution is -0.142. The third-order valence-electron chi connectivity index (χ3n) is 3.69. The molecule has 1 amide bonds. The van der Waals surface area contributed by atoms with Crippen molar-refractivity contribution in [2.75, 3.05) is 13.1 Å². The molecule has 1 heterocycles. The Balaban J connectivity index is 2.08. The summed E-state index contributed by atoms with van der Waals surface area (Å²) in [6, 6.07) is 6.75. The quantitative estimate of drug-likeness (QED) is 0.734. The second-order valence-electron chi connectivity index (χ2n) is 5.62. The van der Waals surface area contributed by atoms with Gasteiger partial charge in [-0.25, -0.2) is 4.98 Å². The van der Waals surface area contributed by atoms with Crippen molar-refractivity contribution in [2.24, 2.45) is 0 Å². The number of nitrogens with one attached hydrogen (secondary N) is 1. The Morgan fingerprint density at radius 1 is 1.36 bits per heavy atom. The molecule has 1 atom stereocenters. The maximum atomic E-state index is 11.3. The van der Waals surface area contributed by atoms with Crippen LogP contribution < -0.4 is 5.32 Å². The van der Waals surface area contributed by atoms with Crippen LogP contribution in [0.2, 0.25) is 5.02 Å². The Bertz CT molecular complexity index is 733. The molecule has 2 N–H and O–H groups in total. The maximum absolute atomic E-state index is 11.3. The van der Waals surface area contributed by atoms with E-state index in [0.29, 0.717) is 24.7 Å². The summed E-state index contributed by atoms with van der Waals surface area (Å²) < 4.78 is 0. The Kier molecular flexibility index (Phi) is 6.92. The summed E-state index contributed by atoms with van der Waals surface area (Å²) in [5.74, 6) is -1.04. The Morgan fingerprint density at radius 2 is 2.04 bits per heavy atom. The highest BCUT2D eigenvalue weighted by Crippen LogP contribution is 2.25. The number of hydrogen-bond acceptors (Lipinski definition) is 5. The van der Waals surface area contributed by atoms with Gasteiger partial charge in [-0.1, -0.05) is 23.7 Å². The number of nitrogens with zero attached hydrogens (tertiary/aromatic N) is 2. The van der Waals surface area contributed by atoms with E-state index in [-0.39, 0.29) is 5.91 Å². The van der Waals surface area contributed by atoms with E-state index in [9.17, 15) is 14.7 Å². The highest BCUT2D eigenvalue weighted by Gasteiger charge is 2.21. The van der Waals surface area contributed by atoms with Crippen molar-refractivity contribution in [3.63, 3.8) is 0 Å². The molecule has 0 bridgehead atoms. The zero-order valence-electron chi connectivity index (χ0n) is 14.0. The number of aliphatic carboxylic acids is 1. The minimum atomic E-state index is -0.907. The summed E-state index contributed by atoms with van der Waals surface area (Å²) in [7, 11) is 0. The number of carboxylic acids is 1. The smallest absolute Gasteiger partial charge is 0.320 e. The molecule has 25 heavy (non-hydrogen) atoms. The summed E-state index contributed by atoms with van der Waals surface area (Å²) in [6.45, 7) is 4.28. The van der Waals surface area contributed by atoms with Gasteiger partial charge in [-0.2, -0.15) is 0 Å². The van der Waals surface area contributed by atoms with E-state index < -0.39 is 12.0 Å². The average molecular weight is 382 g/mol. The molecule has 0 aliphatic heterocycles. The van der Waals surface area contributed by atoms with Gasteiger partial charge in [0.25, 0.3) is 0 Å². The van der Waals surface area contributed by atoms with Crippen molar-refractivity contribution in [3.8, 4) is 10.6 Å². The Labute approximate surface area is 155 Å². The van der Waals surface area contributed by atoms with Gasteiger partial charge in [-0.15, -0.1) is 11.3 Å². The van der Waals surface area contributed by atoms with E-state index in [4.69, 9.17) is 11.6 Å². The first-order chi connectivity index (χ1) is 11.9. The zero-order chi connectivity index (χ0) is 18.4. The van der Waals surface area contributed by atoms with Crippen molar-refractivity contribution in [3.05, 3.63) is 40.4 Å². The predicted octanol–water partition coefficient (Wildman–Crippen LogP) is 2.87. The second kappa shape index (κ2) is 8.94. The molecule has 8 heteroatoms. The molecule has 0 spiro atoms. The molecule has 1 aromatic heterocycles. The molecule has 0 saturated carbocycles. The summed E-state index contributed by atoms with van der Waals surface area (Å²) in [5.41, 5.74) is 1.77. The molecular weight excluding hydrogens is 362 g/mol.